The van der Waals surface area contributed by atoms with Gasteiger partial charge in [-0.25, -0.2) is 0 Å². The minimum absolute atomic E-state index is 0.611. The molecule has 1 heterocycles. The van der Waals surface area contributed by atoms with Crippen LogP contribution >= 0.6 is 0 Å². The lowest BCUT2D eigenvalue weighted by Crippen LogP contribution is -2.08. The molecule has 0 atom stereocenters. The molecule has 0 saturated heterocycles. The van der Waals surface area contributed by atoms with Crippen molar-refractivity contribution in [3.05, 3.63) is 73.1 Å². The van der Waals surface area contributed by atoms with E-state index < -0.39 is 0 Å². The summed E-state index contributed by atoms with van der Waals surface area (Å²) >= 11 is 0. The Morgan fingerprint density at radius 3 is 2.30 bits per heavy atom. The predicted molar refractivity (Wildman–Crippen MR) is 79.6 cm³/mol. The van der Waals surface area contributed by atoms with E-state index in [1.807, 2.05) is 65.6 Å². The van der Waals surface area contributed by atoms with E-state index in [2.05, 4.69) is 17.2 Å². The minimum Gasteiger partial charge on any atom is -0.492 e. The van der Waals surface area contributed by atoms with Gasteiger partial charge < -0.3 is 4.74 Å². The Kier molecular flexibility index (Phi) is 3.78. The van der Waals surface area contributed by atoms with Gasteiger partial charge >= 0.3 is 0 Å². The van der Waals surface area contributed by atoms with E-state index in [1.165, 1.54) is 5.56 Å². The first kappa shape index (κ1) is 12.5. The molecule has 100 valence electrons. The maximum atomic E-state index is 5.66. The van der Waals surface area contributed by atoms with Gasteiger partial charge in [-0.05, 0) is 17.7 Å². The van der Waals surface area contributed by atoms with E-state index in [-0.39, 0.29) is 0 Å². The number of rotatable bonds is 5. The molecule has 3 nitrogen and oxygen atoms in total. The van der Waals surface area contributed by atoms with Gasteiger partial charge in [-0.15, -0.1) is 0 Å². The second-order valence-corrected chi connectivity index (χ2v) is 4.52. The molecule has 2 aromatic carbocycles. The van der Waals surface area contributed by atoms with E-state index in [4.69, 9.17) is 4.74 Å². The molecule has 3 aromatic rings. The zero-order chi connectivity index (χ0) is 13.6. The zero-order valence-electron chi connectivity index (χ0n) is 11.1. The third kappa shape index (κ3) is 3.06. The Labute approximate surface area is 118 Å². The van der Waals surface area contributed by atoms with Crippen LogP contribution in [0.5, 0.6) is 5.75 Å². The molecular weight excluding hydrogens is 248 g/mol. The van der Waals surface area contributed by atoms with Gasteiger partial charge in [-0.2, -0.15) is 5.10 Å². The van der Waals surface area contributed by atoms with Gasteiger partial charge in [0.2, 0.25) is 0 Å². The van der Waals surface area contributed by atoms with Crippen molar-refractivity contribution in [1.82, 2.24) is 9.78 Å². The summed E-state index contributed by atoms with van der Waals surface area (Å²) < 4.78 is 7.57. The van der Waals surface area contributed by atoms with Gasteiger partial charge in [-0.3, -0.25) is 4.68 Å². The number of para-hydroxylation sites is 1. The summed E-state index contributed by atoms with van der Waals surface area (Å²) in [6.45, 7) is 1.35. The van der Waals surface area contributed by atoms with Crippen molar-refractivity contribution >= 4 is 0 Å². The van der Waals surface area contributed by atoms with E-state index in [9.17, 15) is 0 Å². The van der Waals surface area contributed by atoms with E-state index >= 15 is 0 Å². The number of nitrogens with zero attached hydrogens (tertiary/aromatic N) is 2. The van der Waals surface area contributed by atoms with Gasteiger partial charge in [-0.1, -0.05) is 48.5 Å². The smallest absolute Gasteiger partial charge is 0.119 e. The second-order valence-electron chi connectivity index (χ2n) is 4.52. The predicted octanol–water partition coefficient (Wildman–Crippen LogP) is 3.63. The maximum Gasteiger partial charge on any atom is 0.119 e. The molecule has 0 N–H and O–H groups in total. The number of benzene rings is 2. The Morgan fingerprint density at radius 1 is 0.850 bits per heavy atom. The molecule has 3 heteroatoms. The van der Waals surface area contributed by atoms with Crippen molar-refractivity contribution in [3.63, 3.8) is 0 Å². The summed E-state index contributed by atoms with van der Waals surface area (Å²) in [5.74, 6) is 0.892. The molecule has 0 spiro atoms. The monoisotopic (exact) mass is 264 g/mol. The Morgan fingerprint density at radius 2 is 1.55 bits per heavy atom. The number of hydrogen-bond acceptors (Lipinski definition) is 2. The summed E-state index contributed by atoms with van der Waals surface area (Å²) in [5.41, 5.74) is 2.31. The van der Waals surface area contributed by atoms with Gasteiger partial charge in [0.15, 0.2) is 0 Å². The van der Waals surface area contributed by atoms with Crippen LogP contribution in [0.15, 0.2) is 73.1 Å². The molecule has 1 aromatic heterocycles. The van der Waals surface area contributed by atoms with E-state index in [1.54, 1.807) is 0 Å². The lowest BCUT2D eigenvalue weighted by molar-refractivity contribution is 0.291. The molecule has 0 amide bonds. The Balaban J connectivity index is 1.58. The first-order chi connectivity index (χ1) is 9.92. The summed E-state index contributed by atoms with van der Waals surface area (Å²) in [7, 11) is 0. The molecule has 0 unspecified atom stereocenters. The molecule has 0 bridgehead atoms. The fraction of sp³-hybridized carbons (Fsp3) is 0.118. The third-order valence-corrected chi connectivity index (χ3v) is 3.07. The molecule has 0 aliphatic rings. The van der Waals surface area contributed by atoms with Crippen LogP contribution in [0.25, 0.3) is 11.1 Å². The average molecular weight is 264 g/mol. The van der Waals surface area contributed by atoms with Gasteiger partial charge in [0.25, 0.3) is 0 Å². The highest BCUT2D eigenvalue weighted by Crippen LogP contribution is 2.17. The van der Waals surface area contributed by atoms with Crippen molar-refractivity contribution in [3.8, 4) is 16.9 Å². The van der Waals surface area contributed by atoms with Crippen LogP contribution in [0, 0.1) is 0 Å². The SMILES string of the molecule is c1ccc(OCCn2cc(-c3ccccc3)cn2)cc1. The fourth-order valence-corrected chi connectivity index (χ4v) is 2.04. The lowest BCUT2D eigenvalue weighted by atomic mass is 10.1. The normalized spacial score (nSPS) is 10.4. The van der Waals surface area contributed by atoms with Crippen molar-refractivity contribution < 1.29 is 4.74 Å². The molecule has 0 fully saturated rings. The summed E-state index contributed by atoms with van der Waals surface area (Å²) in [5, 5.41) is 4.36. The van der Waals surface area contributed by atoms with Crippen LogP contribution < -0.4 is 4.74 Å². The minimum atomic E-state index is 0.611. The van der Waals surface area contributed by atoms with Crippen molar-refractivity contribution in [1.29, 1.82) is 0 Å². The van der Waals surface area contributed by atoms with Crippen LogP contribution in [-0.4, -0.2) is 16.4 Å². The van der Waals surface area contributed by atoms with Gasteiger partial charge in [0, 0.05) is 11.8 Å². The molecule has 0 aliphatic carbocycles. The van der Waals surface area contributed by atoms with E-state index in [0.717, 1.165) is 17.9 Å². The maximum absolute atomic E-state index is 5.66. The Bertz CT molecular complexity index is 647. The quantitative estimate of drug-likeness (QED) is 0.703. The average Bonchev–Trinajstić information content (AvgIpc) is 2.98. The Hall–Kier alpha value is -2.55. The number of hydrogen-bond donors (Lipinski definition) is 0. The standard InChI is InChI=1S/C17H16N2O/c1-3-7-15(8-4-1)16-13-18-19(14-16)11-12-20-17-9-5-2-6-10-17/h1-10,13-14H,11-12H2. The molecule has 0 aliphatic heterocycles. The highest BCUT2D eigenvalue weighted by atomic mass is 16.5. The molecule has 0 radical (unpaired) electrons. The molecule has 0 saturated carbocycles. The second kappa shape index (κ2) is 6.06. The topological polar surface area (TPSA) is 27.1 Å². The summed E-state index contributed by atoms with van der Waals surface area (Å²) in [6, 6.07) is 20.1. The molecule has 3 rings (SSSR count). The lowest BCUT2D eigenvalue weighted by Gasteiger charge is -2.05. The van der Waals surface area contributed by atoms with Crippen LogP contribution in [0.2, 0.25) is 0 Å². The van der Waals surface area contributed by atoms with Crippen LogP contribution in [0.3, 0.4) is 0 Å². The highest BCUT2D eigenvalue weighted by molar-refractivity contribution is 5.61. The summed E-state index contributed by atoms with van der Waals surface area (Å²) in [6.07, 6.45) is 3.93. The molecular formula is C17H16N2O. The first-order valence-corrected chi connectivity index (χ1v) is 6.67. The van der Waals surface area contributed by atoms with E-state index in [0.29, 0.717) is 6.61 Å². The van der Waals surface area contributed by atoms with Crippen molar-refractivity contribution in [2.24, 2.45) is 0 Å². The van der Waals surface area contributed by atoms with Crippen molar-refractivity contribution in [2.45, 2.75) is 6.54 Å². The fourth-order valence-electron chi connectivity index (χ4n) is 2.04. The van der Waals surface area contributed by atoms with Gasteiger partial charge in [0.05, 0.1) is 12.7 Å². The van der Waals surface area contributed by atoms with Crippen LogP contribution in [-0.2, 0) is 6.54 Å². The van der Waals surface area contributed by atoms with Crippen LogP contribution in [0.4, 0.5) is 0 Å². The number of aromatic nitrogens is 2. The molecule has 20 heavy (non-hydrogen) atoms. The third-order valence-electron chi connectivity index (χ3n) is 3.07. The largest absolute Gasteiger partial charge is 0.492 e. The van der Waals surface area contributed by atoms with Crippen molar-refractivity contribution in [2.75, 3.05) is 6.61 Å². The highest BCUT2D eigenvalue weighted by Gasteiger charge is 2.01. The van der Waals surface area contributed by atoms with Crippen LogP contribution in [0.1, 0.15) is 0 Å². The van der Waals surface area contributed by atoms with Gasteiger partial charge in [0.1, 0.15) is 12.4 Å². The zero-order valence-corrected chi connectivity index (χ0v) is 11.1. The first-order valence-electron chi connectivity index (χ1n) is 6.67. The summed E-state index contributed by atoms with van der Waals surface area (Å²) in [4.78, 5) is 0. The number of ether oxygens (including phenoxy) is 1.